The van der Waals surface area contributed by atoms with E-state index in [1.165, 1.54) is 11.3 Å². The van der Waals surface area contributed by atoms with E-state index in [1.807, 2.05) is 45.0 Å². The van der Waals surface area contributed by atoms with Gasteiger partial charge in [-0.2, -0.15) is 0 Å². The molecule has 0 radical (unpaired) electrons. The van der Waals surface area contributed by atoms with Crippen molar-refractivity contribution in [2.45, 2.75) is 44.9 Å². The summed E-state index contributed by atoms with van der Waals surface area (Å²) in [6.45, 7) is 5.67. The molecule has 0 spiro atoms. The Balaban J connectivity index is 2.14. The molecule has 0 saturated carbocycles. The fraction of sp³-hybridized carbons (Fsp3) is 0.467. The van der Waals surface area contributed by atoms with E-state index >= 15 is 0 Å². The number of thiazole rings is 1. The highest BCUT2D eigenvalue weighted by Gasteiger charge is 2.31. The minimum absolute atomic E-state index is 0.341. The molecule has 1 heterocycles. The summed E-state index contributed by atoms with van der Waals surface area (Å²) < 4.78 is 0.910. The number of amides is 1. The second-order valence-corrected chi connectivity index (χ2v) is 6.70. The van der Waals surface area contributed by atoms with E-state index in [0.717, 1.165) is 16.6 Å². The van der Waals surface area contributed by atoms with Gasteiger partial charge in [0.25, 0.3) is 5.91 Å². The number of carbonyl (C=O) groups is 1. The predicted molar refractivity (Wildman–Crippen MR) is 83.1 cm³/mol. The van der Waals surface area contributed by atoms with Gasteiger partial charge >= 0.3 is 0 Å². The molecular weight excluding hydrogens is 288 g/mol. The van der Waals surface area contributed by atoms with E-state index in [0.29, 0.717) is 5.01 Å². The molecule has 2 rings (SSSR count). The lowest BCUT2D eigenvalue weighted by molar-refractivity contribution is -0.137. The highest BCUT2D eigenvalue weighted by molar-refractivity contribution is 7.18. The standard InChI is InChI=1S/C15H20N2O3S/c1-4-15(2,3)17-13(20)11(18)12(19)14-16-9-7-5-6-8-10(9)21-14/h5-8,11-12,18-19H,4H2,1-3H3,(H,17,20). The number of carbonyl (C=O) groups excluding carboxylic acids is 1. The summed E-state index contributed by atoms with van der Waals surface area (Å²) in [5.74, 6) is -0.589. The van der Waals surface area contributed by atoms with E-state index in [4.69, 9.17) is 0 Å². The van der Waals surface area contributed by atoms with Crippen molar-refractivity contribution in [3.63, 3.8) is 0 Å². The van der Waals surface area contributed by atoms with Crippen LogP contribution in [0.15, 0.2) is 24.3 Å². The van der Waals surface area contributed by atoms with Gasteiger partial charge in [-0.05, 0) is 32.4 Å². The Hall–Kier alpha value is -1.50. The maximum absolute atomic E-state index is 12.0. The minimum Gasteiger partial charge on any atom is -0.383 e. The molecular formula is C15H20N2O3S. The molecule has 2 unspecified atom stereocenters. The van der Waals surface area contributed by atoms with Crippen LogP contribution in [0.3, 0.4) is 0 Å². The summed E-state index contributed by atoms with van der Waals surface area (Å²) in [5.41, 5.74) is 0.323. The normalized spacial score (nSPS) is 14.9. The van der Waals surface area contributed by atoms with Gasteiger partial charge in [-0.1, -0.05) is 19.1 Å². The molecule has 0 fully saturated rings. The summed E-state index contributed by atoms with van der Waals surface area (Å²) in [5, 5.41) is 23.3. The molecule has 1 amide bonds. The lowest BCUT2D eigenvalue weighted by Gasteiger charge is -2.27. The largest absolute Gasteiger partial charge is 0.383 e. The predicted octanol–water partition coefficient (Wildman–Crippen LogP) is 2.00. The van der Waals surface area contributed by atoms with Gasteiger partial charge in [-0.15, -0.1) is 11.3 Å². The van der Waals surface area contributed by atoms with Crippen LogP contribution in [0.25, 0.3) is 10.2 Å². The van der Waals surface area contributed by atoms with E-state index in [-0.39, 0.29) is 0 Å². The number of para-hydroxylation sites is 1. The molecule has 21 heavy (non-hydrogen) atoms. The molecule has 0 saturated heterocycles. The zero-order chi connectivity index (χ0) is 15.6. The van der Waals surface area contributed by atoms with Crippen LogP contribution in [-0.4, -0.2) is 32.7 Å². The average molecular weight is 308 g/mol. The van der Waals surface area contributed by atoms with Crippen molar-refractivity contribution < 1.29 is 15.0 Å². The zero-order valence-corrected chi connectivity index (χ0v) is 13.1. The summed E-state index contributed by atoms with van der Waals surface area (Å²) in [4.78, 5) is 16.3. The van der Waals surface area contributed by atoms with Crippen LogP contribution in [-0.2, 0) is 4.79 Å². The van der Waals surface area contributed by atoms with Gasteiger partial charge in [-0.3, -0.25) is 4.79 Å². The molecule has 5 nitrogen and oxygen atoms in total. The molecule has 0 aliphatic rings. The van der Waals surface area contributed by atoms with Crippen molar-refractivity contribution in [3.8, 4) is 0 Å². The van der Waals surface area contributed by atoms with Gasteiger partial charge < -0.3 is 15.5 Å². The number of aliphatic hydroxyl groups excluding tert-OH is 2. The monoisotopic (exact) mass is 308 g/mol. The van der Waals surface area contributed by atoms with E-state index in [2.05, 4.69) is 10.3 Å². The molecule has 2 aromatic rings. The van der Waals surface area contributed by atoms with Crippen molar-refractivity contribution in [1.29, 1.82) is 0 Å². The summed E-state index contributed by atoms with van der Waals surface area (Å²) >= 11 is 1.27. The Labute approximate surface area is 127 Å². The lowest BCUT2D eigenvalue weighted by atomic mass is 10.0. The summed E-state index contributed by atoms with van der Waals surface area (Å²) in [6, 6.07) is 7.44. The third-order valence-corrected chi connectivity index (χ3v) is 4.58. The quantitative estimate of drug-likeness (QED) is 0.789. The molecule has 1 aromatic heterocycles. The Morgan fingerprint density at radius 2 is 2.05 bits per heavy atom. The molecule has 114 valence electrons. The van der Waals surface area contributed by atoms with Crippen LogP contribution in [0.1, 0.15) is 38.3 Å². The second kappa shape index (κ2) is 6.09. The number of rotatable bonds is 5. The smallest absolute Gasteiger partial charge is 0.252 e. The minimum atomic E-state index is -1.53. The number of nitrogens with one attached hydrogen (secondary N) is 1. The maximum atomic E-state index is 12.0. The molecule has 0 aliphatic heterocycles. The third kappa shape index (κ3) is 3.58. The van der Waals surface area contributed by atoms with Crippen LogP contribution >= 0.6 is 11.3 Å². The van der Waals surface area contributed by atoms with Crippen molar-refractivity contribution in [2.24, 2.45) is 0 Å². The average Bonchev–Trinajstić information content (AvgIpc) is 2.89. The number of hydrogen-bond donors (Lipinski definition) is 3. The molecule has 0 bridgehead atoms. The Morgan fingerprint density at radius 3 is 2.67 bits per heavy atom. The van der Waals surface area contributed by atoms with Crippen molar-refractivity contribution in [1.82, 2.24) is 10.3 Å². The molecule has 2 atom stereocenters. The molecule has 6 heteroatoms. The van der Waals surface area contributed by atoms with Gasteiger partial charge in [0.05, 0.1) is 10.2 Å². The first-order chi connectivity index (χ1) is 9.84. The number of nitrogens with zero attached hydrogens (tertiary/aromatic N) is 1. The summed E-state index contributed by atoms with van der Waals surface area (Å²) in [6.07, 6.45) is -2.13. The fourth-order valence-electron chi connectivity index (χ4n) is 1.79. The fourth-order valence-corrected chi connectivity index (χ4v) is 2.77. The number of benzene rings is 1. The second-order valence-electron chi connectivity index (χ2n) is 5.64. The highest BCUT2D eigenvalue weighted by atomic mass is 32.1. The van der Waals surface area contributed by atoms with Crippen LogP contribution in [0, 0.1) is 0 Å². The van der Waals surface area contributed by atoms with E-state index in [1.54, 1.807) is 0 Å². The van der Waals surface area contributed by atoms with Gasteiger partial charge in [0.15, 0.2) is 6.10 Å². The SMILES string of the molecule is CCC(C)(C)NC(=O)C(O)C(O)c1nc2ccccc2s1. The molecule has 3 N–H and O–H groups in total. The number of fused-ring (bicyclic) bond motifs is 1. The van der Waals surface area contributed by atoms with Crippen LogP contribution in [0.5, 0.6) is 0 Å². The van der Waals surface area contributed by atoms with E-state index < -0.39 is 23.7 Å². The highest BCUT2D eigenvalue weighted by Crippen LogP contribution is 2.28. The first-order valence-corrected chi connectivity index (χ1v) is 7.69. The van der Waals surface area contributed by atoms with Crippen molar-refractivity contribution in [2.75, 3.05) is 0 Å². The van der Waals surface area contributed by atoms with Crippen LogP contribution < -0.4 is 5.32 Å². The molecule has 1 aromatic carbocycles. The van der Waals surface area contributed by atoms with Gasteiger partial charge in [0, 0.05) is 5.54 Å². The molecule has 0 aliphatic carbocycles. The van der Waals surface area contributed by atoms with E-state index in [9.17, 15) is 15.0 Å². The van der Waals surface area contributed by atoms with Crippen molar-refractivity contribution in [3.05, 3.63) is 29.3 Å². The number of aliphatic hydroxyl groups is 2. The lowest BCUT2D eigenvalue weighted by Crippen LogP contribution is -2.49. The first-order valence-electron chi connectivity index (χ1n) is 6.87. The number of hydrogen-bond acceptors (Lipinski definition) is 5. The van der Waals surface area contributed by atoms with Gasteiger partial charge in [0.1, 0.15) is 11.1 Å². The topological polar surface area (TPSA) is 82.5 Å². The van der Waals surface area contributed by atoms with Gasteiger partial charge in [0.2, 0.25) is 0 Å². The maximum Gasteiger partial charge on any atom is 0.252 e. The Kier molecular flexibility index (Phi) is 4.61. The first kappa shape index (κ1) is 15.9. The Bertz CT molecular complexity index is 606. The third-order valence-electron chi connectivity index (χ3n) is 3.48. The van der Waals surface area contributed by atoms with Crippen LogP contribution in [0.4, 0.5) is 0 Å². The number of aromatic nitrogens is 1. The van der Waals surface area contributed by atoms with Crippen molar-refractivity contribution >= 4 is 27.5 Å². The Morgan fingerprint density at radius 1 is 1.38 bits per heavy atom. The van der Waals surface area contributed by atoms with Gasteiger partial charge in [-0.25, -0.2) is 4.98 Å². The van der Waals surface area contributed by atoms with Crippen LogP contribution in [0.2, 0.25) is 0 Å². The zero-order valence-electron chi connectivity index (χ0n) is 12.3. The summed E-state index contributed by atoms with van der Waals surface area (Å²) in [7, 11) is 0.